The van der Waals surface area contributed by atoms with Crippen LogP contribution in [-0.2, 0) is 0 Å². The molecule has 0 spiro atoms. The number of nitrogens with two attached hydrogens (primary N) is 1. The van der Waals surface area contributed by atoms with E-state index in [9.17, 15) is 0 Å². The highest BCUT2D eigenvalue weighted by Crippen LogP contribution is 2.19. The average Bonchev–Trinajstić information content (AvgIpc) is 2.64. The fraction of sp³-hybridized carbons (Fsp3) is 0.111. The quantitative estimate of drug-likeness (QED) is 0.699. The first kappa shape index (κ1) is 9.32. The number of nitrogens with zero attached hydrogens (tertiary/aromatic N) is 2. The molecule has 4 N–H and O–H groups in total. The van der Waals surface area contributed by atoms with E-state index in [2.05, 4.69) is 20.5 Å². The molecule has 6 nitrogen and oxygen atoms in total. The first-order valence-corrected chi connectivity index (χ1v) is 4.37. The molecule has 0 atom stereocenters. The summed E-state index contributed by atoms with van der Waals surface area (Å²) in [6, 6.07) is 7.45. The topological polar surface area (TPSA) is 88.8 Å². The summed E-state index contributed by atoms with van der Waals surface area (Å²) in [5.74, 6) is 1.48. The van der Waals surface area contributed by atoms with Gasteiger partial charge in [0.1, 0.15) is 5.75 Å². The monoisotopic (exact) mass is 205 g/mol. The van der Waals surface area contributed by atoms with Crippen LogP contribution >= 0.6 is 0 Å². The Kier molecular flexibility index (Phi) is 2.40. The molecule has 0 fully saturated rings. The average molecular weight is 205 g/mol. The molecule has 0 saturated heterocycles. The SMILES string of the molecule is COc1cccc(Nc2n[nH]c(N)n2)c1. The predicted molar refractivity (Wildman–Crippen MR) is 57.1 cm³/mol. The molecule has 2 aromatic rings. The molecule has 0 aliphatic rings. The van der Waals surface area contributed by atoms with Gasteiger partial charge in [0.25, 0.3) is 0 Å². The number of nitrogen functional groups attached to an aromatic ring is 1. The van der Waals surface area contributed by atoms with Crippen LogP contribution in [0, 0.1) is 0 Å². The van der Waals surface area contributed by atoms with Crippen LogP contribution in [-0.4, -0.2) is 22.3 Å². The molecule has 2 rings (SSSR count). The van der Waals surface area contributed by atoms with Crippen molar-refractivity contribution in [3.05, 3.63) is 24.3 Å². The second-order valence-electron chi connectivity index (χ2n) is 2.90. The molecule has 0 unspecified atom stereocenters. The highest BCUT2D eigenvalue weighted by Gasteiger charge is 2.00. The molecule has 78 valence electrons. The number of hydrogen-bond donors (Lipinski definition) is 3. The summed E-state index contributed by atoms with van der Waals surface area (Å²) < 4.78 is 5.08. The van der Waals surface area contributed by atoms with Gasteiger partial charge in [0.2, 0.25) is 11.9 Å². The molecule has 0 amide bonds. The number of aromatic amines is 1. The largest absolute Gasteiger partial charge is 0.497 e. The predicted octanol–water partition coefficient (Wildman–Crippen LogP) is 1.14. The maximum atomic E-state index is 5.39. The fourth-order valence-electron chi connectivity index (χ4n) is 1.16. The van der Waals surface area contributed by atoms with Crippen LogP contribution in [0.15, 0.2) is 24.3 Å². The summed E-state index contributed by atoms with van der Waals surface area (Å²) in [6.07, 6.45) is 0. The molecule has 0 bridgehead atoms. The van der Waals surface area contributed by atoms with Crippen LogP contribution in [0.4, 0.5) is 17.6 Å². The van der Waals surface area contributed by atoms with E-state index in [1.807, 2.05) is 24.3 Å². The summed E-state index contributed by atoms with van der Waals surface area (Å²) in [5.41, 5.74) is 6.24. The summed E-state index contributed by atoms with van der Waals surface area (Å²) >= 11 is 0. The van der Waals surface area contributed by atoms with Gasteiger partial charge in [0.15, 0.2) is 0 Å². The summed E-state index contributed by atoms with van der Waals surface area (Å²) in [5, 5.41) is 9.38. The Bertz CT molecular complexity index is 453. The lowest BCUT2D eigenvalue weighted by molar-refractivity contribution is 0.415. The molecule has 1 aromatic carbocycles. The molecule has 0 aliphatic heterocycles. The first-order chi connectivity index (χ1) is 7.28. The molecule has 0 radical (unpaired) electrons. The van der Waals surface area contributed by atoms with Crippen LogP contribution in [0.1, 0.15) is 0 Å². The lowest BCUT2D eigenvalue weighted by Gasteiger charge is -2.03. The number of rotatable bonds is 3. The number of aromatic nitrogens is 3. The second-order valence-corrected chi connectivity index (χ2v) is 2.90. The minimum atomic E-state index is 0.278. The lowest BCUT2D eigenvalue weighted by Crippen LogP contribution is -1.93. The third-order valence-electron chi connectivity index (χ3n) is 1.83. The van der Waals surface area contributed by atoms with Crippen LogP contribution < -0.4 is 15.8 Å². The van der Waals surface area contributed by atoms with Gasteiger partial charge in [-0.2, -0.15) is 4.98 Å². The Labute approximate surface area is 86.5 Å². The van der Waals surface area contributed by atoms with Gasteiger partial charge in [-0.25, -0.2) is 5.10 Å². The van der Waals surface area contributed by atoms with Crippen molar-refractivity contribution in [2.75, 3.05) is 18.2 Å². The second kappa shape index (κ2) is 3.87. The summed E-state index contributed by atoms with van der Waals surface area (Å²) in [4.78, 5) is 3.92. The van der Waals surface area contributed by atoms with Gasteiger partial charge < -0.3 is 15.8 Å². The first-order valence-electron chi connectivity index (χ1n) is 4.37. The van der Waals surface area contributed by atoms with E-state index in [0.717, 1.165) is 11.4 Å². The van der Waals surface area contributed by atoms with Crippen LogP contribution in [0.3, 0.4) is 0 Å². The van der Waals surface area contributed by atoms with Crippen LogP contribution in [0.2, 0.25) is 0 Å². The zero-order valence-electron chi connectivity index (χ0n) is 8.19. The minimum absolute atomic E-state index is 0.278. The number of ether oxygens (including phenoxy) is 1. The van der Waals surface area contributed by atoms with Gasteiger partial charge in [0.05, 0.1) is 7.11 Å². The normalized spacial score (nSPS) is 9.93. The van der Waals surface area contributed by atoms with E-state index in [0.29, 0.717) is 5.95 Å². The van der Waals surface area contributed by atoms with Gasteiger partial charge in [-0.05, 0) is 12.1 Å². The Hall–Kier alpha value is -2.24. The molecular weight excluding hydrogens is 194 g/mol. The Balaban J connectivity index is 2.16. The Morgan fingerprint density at radius 1 is 1.47 bits per heavy atom. The summed E-state index contributed by atoms with van der Waals surface area (Å²) in [7, 11) is 1.61. The highest BCUT2D eigenvalue weighted by molar-refractivity contribution is 5.56. The van der Waals surface area contributed by atoms with Gasteiger partial charge >= 0.3 is 0 Å². The standard InChI is InChI=1S/C9H11N5O/c1-15-7-4-2-3-6(5-7)11-9-12-8(10)13-14-9/h2-5H,1H3,(H4,10,11,12,13,14). The van der Waals surface area contributed by atoms with Crippen molar-refractivity contribution >= 4 is 17.6 Å². The third kappa shape index (κ3) is 2.16. The van der Waals surface area contributed by atoms with Crippen molar-refractivity contribution in [3.8, 4) is 5.75 Å². The fourth-order valence-corrected chi connectivity index (χ4v) is 1.16. The van der Waals surface area contributed by atoms with Gasteiger partial charge in [-0.1, -0.05) is 6.07 Å². The van der Waals surface area contributed by atoms with E-state index >= 15 is 0 Å². The molecule has 0 saturated carbocycles. The molecular formula is C9H11N5O. The van der Waals surface area contributed by atoms with E-state index in [-0.39, 0.29) is 5.95 Å². The van der Waals surface area contributed by atoms with Gasteiger partial charge in [-0.15, -0.1) is 5.10 Å². The molecule has 1 aromatic heterocycles. The van der Waals surface area contributed by atoms with E-state index in [4.69, 9.17) is 10.5 Å². The van der Waals surface area contributed by atoms with Crippen molar-refractivity contribution in [2.45, 2.75) is 0 Å². The van der Waals surface area contributed by atoms with Crippen molar-refractivity contribution in [1.29, 1.82) is 0 Å². The number of hydrogen-bond acceptors (Lipinski definition) is 5. The van der Waals surface area contributed by atoms with Crippen molar-refractivity contribution in [1.82, 2.24) is 15.2 Å². The number of nitrogens with one attached hydrogen (secondary N) is 2. The number of H-pyrrole nitrogens is 1. The maximum absolute atomic E-state index is 5.39. The Morgan fingerprint density at radius 3 is 3.00 bits per heavy atom. The van der Waals surface area contributed by atoms with Crippen LogP contribution in [0.25, 0.3) is 0 Å². The van der Waals surface area contributed by atoms with Crippen LogP contribution in [0.5, 0.6) is 5.75 Å². The Morgan fingerprint density at radius 2 is 2.33 bits per heavy atom. The minimum Gasteiger partial charge on any atom is -0.497 e. The van der Waals surface area contributed by atoms with E-state index in [1.165, 1.54) is 0 Å². The molecule has 15 heavy (non-hydrogen) atoms. The smallest absolute Gasteiger partial charge is 0.248 e. The highest BCUT2D eigenvalue weighted by atomic mass is 16.5. The van der Waals surface area contributed by atoms with Crippen molar-refractivity contribution in [2.24, 2.45) is 0 Å². The number of benzene rings is 1. The zero-order valence-corrected chi connectivity index (χ0v) is 8.19. The van der Waals surface area contributed by atoms with Gasteiger partial charge in [-0.3, -0.25) is 0 Å². The number of anilines is 3. The van der Waals surface area contributed by atoms with Gasteiger partial charge in [0, 0.05) is 11.8 Å². The van der Waals surface area contributed by atoms with Crippen molar-refractivity contribution in [3.63, 3.8) is 0 Å². The lowest BCUT2D eigenvalue weighted by atomic mass is 10.3. The van der Waals surface area contributed by atoms with E-state index in [1.54, 1.807) is 7.11 Å². The third-order valence-corrected chi connectivity index (χ3v) is 1.83. The summed E-state index contributed by atoms with van der Waals surface area (Å²) in [6.45, 7) is 0. The zero-order chi connectivity index (χ0) is 10.7. The molecule has 1 heterocycles. The number of methoxy groups -OCH3 is 1. The van der Waals surface area contributed by atoms with Crippen molar-refractivity contribution < 1.29 is 4.74 Å². The molecule has 6 heteroatoms. The maximum Gasteiger partial charge on any atom is 0.248 e. The van der Waals surface area contributed by atoms with E-state index < -0.39 is 0 Å². The molecule has 0 aliphatic carbocycles.